The number of methoxy groups -OCH3 is 1. The molecule has 0 aliphatic carbocycles. The lowest BCUT2D eigenvalue weighted by molar-refractivity contribution is -0.0580. The molecular weight excluding hydrogens is 166 g/mol. The summed E-state index contributed by atoms with van der Waals surface area (Å²) in [5.74, 6) is 0.456. The van der Waals surface area contributed by atoms with E-state index in [4.69, 9.17) is 9.84 Å². The predicted molar refractivity (Wildman–Crippen MR) is 52.5 cm³/mol. The smallest absolute Gasteiger partial charge is 0.109 e. The standard InChI is InChI=1S/C10H21NO2/c1-3-10(13-2)11-6-4-5-9(7-11)8-12/h9-10,12H,3-8H2,1-2H3. The SMILES string of the molecule is CCC(OC)N1CCCC(CO)C1. The van der Waals surface area contributed by atoms with E-state index in [0.29, 0.717) is 12.5 Å². The van der Waals surface area contributed by atoms with E-state index >= 15 is 0 Å². The van der Waals surface area contributed by atoms with Crippen molar-refractivity contribution in [2.45, 2.75) is 32.4 Å². The Morgan fingerprint density at radius 1 is 1.62 bits per heavy atom. The summed E-state index contributed by atoms with van der Waals surface area (Å²) in [6, 6.07) is 0. The van der Waals surface area contributed by atoms with E-state index in [-0.39, 0.29) is 6.23 Å². The molecule has 0 amide bonds. The number of aliphatic hydroxyl groups is 1. The average molecular weight is 187 g/mol. The van der Waals surface area contributed by atoms with Crippen LogP contribution in [0.5, 0.6) is 0 Å². The first-order valence-corrected chi connectivity index (χ1v) is 5.19. The van der Waals surface area contributed by atoms with Gasteiger partial charge >= 0.3 is 0 Å². The van der Waals surface area contributed by atoms with Crippen LogP contribution in [0, 0.1) is 5.92 Å². The highest BCUT2D eigenvalue weighted by Crippen LogP contribution is 2.19. The summed E-state index contributed by atoms with van der Waals surface area (Å²) < 4.78 is 5.38. The van der Waals surface area contributed by atoms with Crippen molar-refractivity contribution in [1.29, 1.82) is 0 Å². The first-order valence-electron chi connectivity index (χ1n) is 5.19. The molecule has 0 radical (unpaired) electrons. The molecular formula is C10H21NO2. The zero-order chi connectivity index (χ0) is 9.68. The Kier molecular flexibility index (Phi) is 4.70. The summed E-state index contributed by atoms with van der Waals surface area (Å²) >= 11 is 0. The maximum absolute atomic E-state index is 9.07. The summed E-state index contributed by atoms with van der Waals surface area (Å²) in [6.45, 7) is 4.55. The highest BCUT2D eigenvalue weighted by Gasteiger charge is 2.23. The molecule has 0 aromatic rings. The number of rotatable bonds is 4. The normalized spacial score (nSPS) is 27.5. The predicted octanol–water partition coefficient (Wildman–Crippen LogP) is 1.07. The number of aliphatic hydroxyl groups excluding tert-OH is 1. The van der Waals surface area contributed by atoms with Crippen LogP contribution >= 0.6 is 0 Å². The van der Waals surface area contributed by atoms with Crippen LogP contribution in [0.4, 0.5) is 0 Å². The molecule has 2 atom stereocenters. The van der Waals surface area contributed by atoms with E-state index in [1.54, 1.807) is 7.11 Å². The Labute approximate surface area is 80.7 Å². The summed E-state index contributed by atoms with van der Waals surface area (Å²) in [4.78, 5) is 2.34. The highest BCUT2D eigenvalue weighted by molar-refractivity contribution is 4.74. The summed E-state index contributed by atoms with van der Waals surface area (Å²) in [5.41, 5.74) is 0. The third-order valence-electron chi connectivity index (χ3n) is 2.84. The second-order valence-electron chi connectivity index (χ2n) is 3.78. The van der Waals surface area contributed by atoms with E-state index in [1.165, 1.54) is 6.42 Å². The molecule has 1 heterocycles. The zero-order valence-corrected chi connectivity index (χ0v) is 8.70. The molecule has 0 aromatic heterocycles. The van der Waals surface area contributed by atoms with Gasteiger partial charge in [-0.2, -0.15) is 0 Å². The number of piperidine rings is 1. The Hall–Kier alpha value is -0.120. The third kappa shape index (κ3) is 2.93. The van der Waals surface area contributed by atoms with Crippen LogP contribution < -0.4 is 0 Å². The molecule has 1 saturated heterocycles. The molecule has 0 spiro atoms. The van der Waals surface area contributed by atoms with Crippen molar-refractivity contribution in [3.05, 3.63) is 0 Å². The van der Waals surface area contributed by atoms with E-state index in [0.717, 1.165) is 25.9 Å². The molecule has 1 aliphatic rings. The molecule has 0 bridgehead atoms. The monoisotopic (exact) mass is 187 g/mol. The maximum Gasteiger partial charge on any atom is 0.109 e. The summed E-state index contributed by atoms with van der Waals surface area (Å²) in [5, 5.41) is 9.07. The van der Waals surface area contributed by atoms with Gasteiger partial charge in [0.15, 0.2) is 0 Å². The van der Waals surface area contributed by atoms with Crippen molar-refractivity contribution in [1.82, 2.24) is 4.90 Å². The largest absolute Gasteiger partial charge is 0.396 e. The number of hydrogen-bond donors (Lipinski definition) is 1. The van der Waals surface area contributed by atoms with Crippen LogP contribution in [0.3, 0.4) is 0 Å². The van der Waals surface area contributed by atoms with Crippen molar-refractivity contribution in [2.75, 3.05) is 26.8 Å². The van der Waals surface area contributed by atoms with Crippen LogP contribution in [-0.2, 0) is 4.74 Å². The van der Waals surface area contributed by atoms with Gasteiger partial charge in [0.05, 0.1) is 0 Å². The van der Waals surface area contributed by atoms with Crippen molar-refractivity contribution >= 4 is 0 Å². The van der Waals surface area contributed by atoms with Crippen molar-refractivity contribution in [3.8, 4) is 0 Å². The topological polar surface area (TPSA) is 32.7 Å². The molecule has 1 aliphatic heterocycles. The van der Waals surface area contributed by atoms with Crippen molar-refractivity contribution < 1.29 is 9.84 Å². The maximum atomic E-state index is 9.07. The number of likely N-dealkylation sites (tertiary alicyclic amines) is 1. The second-order valence-corrected chi connectivity index (χ2v) is 3.78. The molecule has 1 N–H and O–H groups in total. The Bertz CT molecular complexity index is 137. The quantitative estimate of drug-likeness (QED) is 0.714. The molecule has 0 saturated carbocycles. The minimum Gasteiger partial charge on any atom is -0.396 e. The van der Waals surface area contributed by atoms with Gasteiger partial charge in [-0.25, -0.2) is 0 Å². The molecule has 0 aromatic carbocycles. The fourth-order valence-corrected chi connectivity index (χ4v) is 2.08. The van der Waals surface area contributed by atoms with Gasteiger partial charge < -0.3 is 9.84 Å². The van der Waals surface area contributed by atoms with E-state index in [9.17, 15) is 0 Å². The average Bonchev–Trinajstić information content (AvgIpc) is 2.20. The fraction of sp³-hybridized carbons (Fsp3) is 1.00. The Morgan fingerprint density at radius 3 is 2.92 bits per heavy atom. The zero-order valence-electron chi connectivity index (χ0n) is 8.70. The van der Waals surface area contributed by atoms with Gasteiger partial charge in [0.1, 0.15) is 6.23 Å². The van der Waals surface area contributed by atoms with E-state index in [1.807, 2.05) is 0 Å². The number of nitrogens with zero attached hydrogens (tertiary/aromatic N) is 1. The van der Waals surface area contributed by atoms with Gasteiger partial charge in [-0.15, -0.1) is 0 Å². The lowest BCUT2D eigenvalue weighted by Crippen LogP contribution is -2.44. The van der Waals surface area contributed by atoms with Crippen LogP contribution in [0.1, 0.15) is 26.2 Å². The number of hydrogen-bond acceptors (Lipinski definition) is 3. The molecule has 1 fully saturated rings. The van der Waals surface area contributed by atoms with E-state index in [2.05, 4.69) is 11.8 Å². The second kappa shape index (κ2) is 5.58. The Morgan fingerprint density at radius 2 is 2.38 bits per heavy atom. The van der Waals surface area contributed by atoms with Crippen LogP contribution in [0.2, 0.25) is 0 Å². The van der Waals surface area contributed by atoms with Gasteiger partial charge in [-0.1, -0.05) is 6.92 Å². The van der Waals surface area contributed by atoms with E-state index < -0.39 is 0 Å². The summed E-state index contributed by atoms with van der Waals surface area (Å²) in [7, 11) is 1.76. The minimum atomic E-state index is 0.245. The van der Waals surface area contributed by atoms with Gasteiger partial charge in [-0.05, 0) is 25.2 Å². The molecule has 3 nitrogen and oxygen atoms in total. The minimum absolute atomic E-state index is 0.245. The first-order chi connectivity index (χ1) is 6.31. The van der Waals surface area contributed by atoms with Gasteiger partial charge in [0.2, 0.25) is 0 Å². The van der Waals surface area contributed by atoms with Crippen molar-refractivity contribution in [2.24, 2.45) is 5.92 Å². The van der Waals surface area contributed by atoms with Crippen LogP contribution in [-0.4, -0.2) is 43.0 Å². The van der Waals surface area contributed by atoms with Crippen LogP contribution in [0.15, 0.2) is 0 Å². The van der Waals surface area contributed by atoms with Gasteiger partial charge in [0.25, 0.3) is 0 Å². The van der Waals surface area contributed by atoms with Gasteiger partial charge in [0, 0.05) is 26.8 Å². The molecule has 13 heavy (non-hydrogen) atoms. The molecule has 78 valence electrons. The Balaban J connectivity index is 2.40. The third-order valence-corrected chi connectivity index (χ3v) is 2.84. The van der Waals surface area contributed by atoms with Gasteiger partial charge in [-0.3, -0.25) is 4.90 Å². The highest BCUT2D eigenvalue weighted by atomic mass is 16.5. The van der Waals surface area contributed by atoms with Crippen molar-refractivity contribution in [3.63, 3.8) is 0 Å². The molecule has 3 heteroatoms. The summed E-state index contributed by atoms with van der Waals surface area (Å²) in [6.07, 6.45) is 3.61. The molecule has 1 rings (SSSR count). The lowest BCUT2D eigenvalue weighted by Gasteiger charge is -2.36. The first kappa shape index (κ1) is 11.0. The van der Waals surface area contributed by atoms with Crippen LogP contribution in [0.25, 0.3) is 0 Å². The number of ether oxygens (including phenoxy) is 1. The fourth-order valence-electron chi connectivity index (χ4n) is 2.08. The lowest BCUT2D eigenvalue weighted by atomic mass is 9.99. The molecule has 2 unspecified atom stereocenters.